The maximum absolute atomic E-state index is 12.3. The summed E-state index contributed by atoms with van der Waals surface area (Å²) >= 11 is 0. The lowest BCUT2D eigenvalue weighted by Crippen LogP contribution is -2.49. The van der Waals surface area contributed by atoms with E-state index in [1.807, 2.05) is 11.0 Å². The van der Waals surface area contributed by atoms with Gasteiger partial charge in [0, 0.05) is 45.8 Å². The van der Waals surface area contributed by atoms with Crippen LogP contribution in [-0.2, 0) is 0 Å². The molecule has 0 bridgehead atoms. The van der Waals surface area contributed by atoms with E-state index in [0.717, 1.165) is 44.1 Å². The Hall–Kier alpha value is -2.57. The molecule has 1 saturated heterocycles. The summed E-state index contributed by atoms with van der Waals surface area (Å²) in [7, 11) is 2.06. The lowest BCUT2D eigenvalue weighted by Gasteiger charge is -2.35. The number of aromatic nitrogens is 2. The molecular formula is C18H25N5O2. The Morgan fingerprint density at radius 2 is 2.08 bits per heavy atom. The van der Waals surface area contributed by atoms with Crippen LogP contribution in [0.25, 0.3) is 0 Å². The molecule has 25 heavy (non-hydrogen) atoms. The smallest absolute Gasteiger partial charge is 0.289 e. The highest BCUT2D eigenvalue weighted by Gasteiger charge is 2.24. The number of unbranched alkanes of at least 4 members (excludes halogenated alkanes) is 1. The van der Waals surface area contributed by atoms with E-state index in [2.05, 4.69) is 33.7 Å². The Morgan fingerprint density at radius 3 is 2.76 bits per heavy atom. The topological polar surface area (TPSA) is 65.7 Å². The van der Waals surface area contributed by atoms with E-state index in [1.54, 1.807) is 18.5 Å². The second-order valence-electron chi connectivity index (χ2n) is 6.27. The molecule has 0 radical (unpaired) electrons. The third-order valence-electron chi connectivity index (χ3n) is 4.50. The molecule has 7 heteroatoms. The van der Waals surface area contributed by atoms with Gasteiger partial charge in [0.05, 0.1) is 6.26 Å². The summed E-state index contributed by atoms with van der Waals surface area (Å²) in [6, 6.07) is 5.47. The predicted molar refractivity (Wildman–Crippen MR) is 97.0 cm³/mol. The molecule has 2 aromatic rings. The molecule has 2 aromatic heterocycles. The lowest BCUT2D eigenvalue weighted by molar-refractivity contribution is 0.0714. The summed E-state index contributed by atoms with van der Waals surface area (Å²) in [5.41, 5.74) is 0. The second-order valence-corrected chi connectivity index (χ2v) is 6.27. The summed E-state index contributed by atoms with van der Waals surface area (Å²) in [6.45, 7) is 5.99. The Balaban J connectivity index is 1.60. The summed E-state index contributed by atoms with van der Waals surface area (Å²) in [6.07, 6.45) is 5.45. The van der Waals surface area contributed by atoms with Crippen molar-refractivity contribution in [2.75, 3.05) is 49.6 Å². The molecule has 3 rings (SSSR count). The molecule has 1 aliphatic rings. The molecule has 0 saturated carbocycles. The normalized spacial score (nSPS) is 14.6. The minimum Gasteiger partial charge on any atom is -0.459 e. The zero-order valence-electron chi connectivity index (χ0n) is 14.9. The fourth-order valence-corrected chi connectivity index (χ4v) is 2.92. The standard InChI is InChI=1S/C18H25N5O2/c1-3-4-7-21(2)16-13-17(20-14-19-16)22-8-10-23(11-9-22)18(24)15-6-5-12-25-15/h5-6,12-14H,3-4,7-11H2,1-2H3. The molecule has 3 heterocycles. The molecule has 0 aromatic carbocycles. The van der Waals surface area contributed by atoms with Crippen LogP contribution < -0.4 is 9.80 Å². The van der Waals surface area contributed by atoms with Gasteiger partial charge in [0.2, 0.25) is 0 Å². The summed E-state index contributed by atoms with van der Waals surface area (Å²) in [5.74, 6) is 2.20. The molecule has 0 atom stereocenters. The molecule has 134 valence electrons. The van der Waals surface area contributed by atoms with Crippen LogP contribution in [0.5, 0.6) is 0 Å². The Kier molecular flexibility index (Phi) is 5.53. The van der Waals surface area contributed by atoms with Gasteiger partial charge in [-0.15, -0.1) is 0 Å². The average Bonchev–Trinajstić information content (AvgIpc) is 3.20. The van der Waals surface area contributed by atoms with Gasteiger partial charge in [0.1, 0.15) is 18.0 Å². The average molecular weight is 343 g/mol. The fraction of sp³-hybridized carbons (Fsp3) is 0.500. The first-order valence-corrected chi connectivity index (χ1v) is 8.80. The molecule has 0 N–H and O–H groups in total. The number of nitrogens with zero attached hydrogens (tertiary/aromatic N) is 5. The third-order valence-corrected chi connectivity index (χ3v) is 4.50. The Morgan fingerprint density at radius 1 is 1.28 bits per heavy atom. The van der Waals surface area contributed by atoms with Crippen LogP contribution in [0, 0.1) is 0 Å². The van der Waals surface area contributed by atoms with Crippen LogP contribution in [0.3, 0.4) is 0 Å². The first kappa shape index (κ1) is 17.3. The van der Waals surface area contributed by atoms with E-state index in [0.29, 0.717) is 18.8 Å². The van der Waals surface area contributed by atoms with Crippen molar-refractivity contribution in [1.29, 1.82) is 0 Å². The summed E-state index contributed by atoms with van der Waals surface area (Å²) in [4.78, 5) is 27.3. The number of hydrogen-bond donors (Lipinski definition) is 0. The Bertz CT molecular complexity index is 681. The van der Waals surface area contributed by atoms with Crippen molar-refractivity contribution >= 4 is 17.5 Å². The quantitative estimate of drug-likeness (QED) is 0.802. The molecule has 0 unspecified atom stereocenters. The highest BCUT2D eigenvalue weighted by atomic mass is 16.3. The van der Waals surface area contributed by atoms with Gasteiger partial charge in [0.25, 0.3) is 5.91 Å². The van der Waals surface area contributed by atoms with E-state index < -0.39 is 0 Å². The highest BCUT2D eigenvalue weighted by Crippen LogP contribution is 2.19. The van der Waals surface area contributed by atoms with Crippen LogP contribution >= 0.6 is 0 Å². The zero-order chi connectivity index (χ0) is 17.6. The summed E-state index contributed by atoms with van der Waals surface area (Å²) in [5, 5.41) is 0. The number of anilines is 2. The van der Waals surface area contributed by atoms with E-state index in [9.17, 15) is 4.79 Å². The van der Waals surface area contributed by atoms with Crippen molar-refractivity contribution in [1.82, 2.24) is 14.9 Å². The van der Waals surface area contributed by atoms with Crippen LogP contribution in [0.1, 0.15) is 30.3 Å². The Labute approximate surface area is 148 Å². The number of rotatable bonds is 6. The molecular weight excluding hydrogens is 318 g/mol. The van der Waals surface area contributed by atoms with Gasteiger partial charge in [-0.05, 0) is 18.6 Å². The maximum Gasteiger partial charge on any atom is 0.289 e. The number of furan rings is 1. The fourth-order valence-electron chi connectivity index (χ4n) is 2.92. The first-order valence-electron chi connectivity index (χ1n) is 8.80. The van der Waals surface area contributed by atoms with Crippen molar-refractivity contribution in [3.8, 4) is 0 Å². The van der Waals surface area contributed by atoms with E-state index in [-0.39, 0.29) is 5.91 Å². The van der Waals surface area contributed by atoms with Gasteiger partial charge in [-0.1, -0.05) is 13.3 Å². The van der Waals surface area contributed by atoms with Crippen LogP contribution in [0.4, 0.5) is 11.6 Å². The number of carbonyl (C=O) groups excluding carboxylic acids is 1. The van der Waals surface area contributed by atoms with Crippen LogP contribution in [0.2, 0.25) is 0 Å². The number of carbonyl (C=O) groups is 1. The number of amides is 1. The van der Waals surface area contributed by atoms with Gasteiger partial charge in [-0.25, -0.2) is 9.97 Å². The van der Waals surface area contributed by atoms with Gasteiger partial charge in [-0.2, -0.15) is 0 Å². The molecule has 0 spiro atoms. The minimum absolute atomic E-state index is 0.0488. The minimum atomic E-state index is -0.0488. The van der Waals surface area contributed by atoms with Crippen molar-refractivity contribution in [2.45, 2.75) is 19.8 Å². The highest BCUT2D eigenvalue weighted by molar-refractivity contribution is 5.91. The summed E-state index contributed by atoms with van der Waals surface area (Å²) < 4.78 is 5.20. The molecule has 1 aliphatic heterocycles. The predicted octanol–water partition coefficient (Wildman–Crippen LogP) is 2.27. The number of hydrogen-bond acceptors (Lipinski definition) is 6. The third kappa shape index (κ3) is 4.10. The maximum atomic E-state index is 12.3. The van der Waals surface area contributed by atoms with Crippen molar-refractivity contribution in [3.63, 3.8) is 0 Å². The molecule has 1 amide bonds. The molecule has 0 aliphatic carbocycles. The van der Waals surface area contributed by atoms with Gasteiger partial charge in [-0.3, -0.25) is 4.79 Å². The van der Waals surface area contributed by atoms with Crippen molar-refractivity contribution in [2.24, 2.45) is 0 Å². The van der Waals surface area contributed by atoms with Crippen molar-refractivity contribution < 1.29 is 9.21 Å². The number of piperazine rings is 1. The first-order chi connectivity index (χ1) is 12.2. The van der Waals surface area contributed by atoms with Crippen LogP contribution in [0.15, 0.2) is 35.2 Å². The van der Waals surface area contributed by atoms with Gasteiger partial charge in [0.15, 0.2) is 5.76 Å². The van der Waals surface area contributed by atoms with E-state index in [1.165, 1.54) is 6.26 Å². The SMILES string of the molecule is CCCCN(C)c1cc(N2CCN(C(=O)c3ccco3)CC2)ncn1. The lowest BCUT2D eigenvalue weighted by atomic mass is 10.2. The van der Waals surface area contributed by atoms with E-state index >= 15 is 0 Å². The van der Waals surface area contributed by atoms with E-state index in [4.69, 9.17) is 4.42 Å². The van der Waals surface area contributed by atoms with Crippen LogP contribution in [-0.4, -0.2) is 60.5 Å². The zero-order valence-corrected chi connectivity index (χ0v) is 14.9. The van der Waals surface area contributed by atoms with Gasteiger partial charge < -0.3 is 19.1 Å². The van der Waals surface area contributed by atoms with Crippen molar-refractivity contribution in [3.05, 3.63) is 36.5 Å². The second kappa shape index (κ2) is 8.00. The largest absolute Gasteiger partial charge is 0.459 e. The molecule has 1 fully saturated rings. The van der Waals surface area contributed by atoms with Gasteiger partial charge >= 0.3 is 0 Å². The monoisotopic (exact) mass is 343 g/mol. The molecule has 7 nitrogen and oxygen atoms in total.